The summed E-state index contributed by atoms with van der Waals surface area (Å²) in [6.45, 7) is 4.33. The van der Waals surface area contributed by atoms with Crippen molar-refractivity contribution in [1.82, 2.24) is 30.8 Å². The van der Waals surface area contributed by atoms with Crippen LogP contribution in [-0.4, -0.2) is 79.1 Å². The molecular formula is C15H28FN8OS-. The molecule has 148 valence electrons. The van der Waals surface area contributed by atoms with Gasteiger partial charge in [-0.1, -0.05) is 11.9 Å². The summed E-state index contributed by atoms with van der Waals surface area (Å²) in [5.41, 5.74) is 13.6. The number of carbonyl (C=O) groups excluding carboxylic acids is 1. The first-order valence-electron chi connectivity index (χ1n) is 9.20. The summed E-state index contributed by atoms with van der Waals surface area (Å²) in [7, 11) is 1.98. The molecule has 4 heterocycles. The van der Waals surface area contributed by atoms with Gasteiger partial charge in [0.2, 0.25) is 5.91 Å². The summed E-state index contributed by atoms with van der Waals surface area (Å²) in [6.07, 6.45) is -1.77. The maximum absolute atomic E-state index is 13.6. The normalized spacial score (nSPS) is 47.2. The summed E-state index contributed by atoms with van der Waals surface area (Å²) in [5, 5.41) is 9.96. The molecule has 0 aromatic heterocycles. The standard InChI is InChI=1S/C15H28FN8OS/c1-7-10(8-3-19-23(2)5-8)15(26-22-7)20-14(25)11-12(17)21-24-6-9(16)4-18-13(11)24/h7-13,15,18,21-22H,3-6,17H2,1-2H3,(H,20,25)/q-1. The molecule has 11 heteroatoms. The first-order chi connectivity index (χ1) is 12.4. The molecule has 8 unspecified atom stereocenters. The maximum atomic E-state index is 13.6. The molecule has 4 aliphatic rings. The van der Waals surface area contributed by atoms with Crippen molar-refractivity contribution >= 4 is 17.9 Å². The monoisotopic (exact) mass is 387 g/mol. The van der Waals surface area contributed by atoms with Gasteiger partial charge in [0.1, 0.15) is 6.17 Å². The second-order valence-electron chi connectivity index (χ2n) is 7.74. The van der Waals surface area contributed by atoms with E-state index in [2.05, 4.69) is 33.1 Å². The highest BCUT2D eigenvalue weighted by atomic mass is 32.2. The number of fused-ring (bicyclic) bond motifs is 1. The predicted molar refractivity (Wildman–Crippen MR) is 97.9 cm³/mol. The van der Waals surface area contributed by atoms with Crippen LogP contribution in [0.15, 0.2) is 0 Å². The Hall–Kier alpha value is -0.530. The summed E-state index contributed by atoms with van der Waals surface area (Å²) >= 11 is 1.57. The average Bonchev–Trinajstić information content (AvgIpc) is 3.24. The van der Waals surface area contributed by atoms with Gasteiger partial charge in [-0.15, -0.1) is 6.54 Å². The zero-order valence-electron chi connectivity index (χ0n) is 15.1. The molecule has 26 heavy (non-hydrogen) atoms. The second-order valence-corrected chi connectivity index (χ2v) is 8.72. The van der Waals surface area contributed by atoms with Crippen LogP contribution >= 0.6 is 11.9 Å². The van der Waals surface area contributed by atoms with E-state index in [4.69, 9.17) is 5.73 Å². The lowest BCUT2D eigenvalue weighted by atomic mass is 9.87. The van der Waals surface area contributed by atoms with Crippen LogP contribution in [0.1, 0.15) is 6.92 Å². The highest BCUT2D eigenvalue weighted by Gasteiger charge is 2.48. The largest absolute Gasteiger partial charge is 0.594 e. The van der Waals surface area contributed by atoms with Crippen molar-refractivity contribution in [3.8, 4) is 0 Å². The molecule has 0 spiro atoms. The lowest BCUT2D eigenvalue weighted by Crippen LogP contribution is -2.59. The van der Waals surface area contributed by atoms with Crippen molar-refractivity contribution < 1.29 is 9.18 Å². The Kier molecular flexibility index (Phi) is 5.41. The van der Waals surface area contributed by atoms with Gasteiger partial charge in [0.15, 0.2) is 0 Å². The molecule has 4 rings (SSSR count). The highest BCUT2D eigenvalue weighted by Crippen LogP contribution is 2.37. The van der Waals surface area contributed by atoms with E-state index >= 15 is 0 Å². The van der Waals surface area contributed by atoms with E-state index in [9.17, 15) is 9.18 Å². The van der Waals surface area contributed by atoms with Crippen LogP contribution in [0.3, 0.4) is 0 Å². The second kappa shape index (κ2) is 7.47. The van der Waals surface area contributed by atoms with Gasteiger partial charge in [-0.05, 0) is 26.4 Å². The smallest absolute Gasteiger partial charge is 0.230 e. The van der Waals surface area contributed by atoms with Gasteiger partial charge in [0, 0.05) is 25.0 Å². The van der Waals surface area contributed by atoms with Crippen LogP contribution in [0.4, 0.5) is 4.39 Å². The summed E-state index contributed by atoms with van der Waals surface area (Å²) in [4.78, 5) is 13.0. The third-order valence-corrected chi connectivity index (χ3v) is 7.01. The topological polar surface area (TPSA) is 112 Å². The van der Waals surface area contributed by atoms with Crippen molar-refractivity contribution in [3.63, 3.8) is 0 Å². The molecule has 1 amide bonds. The molecule has 4 aliphatic heterocycles. The lowest BCUT2D eigenvalue weighted by molar-refractivity contribution is -0.127. The number of hydrogen-bond acceptors (Lipinski definition) is 8. The van der Waals surface area contributed by atoms with Gasteiger partial charge in [0.05, 0.1) is 23.6 Å². The summed E-state index contributed by atoms with van der Waals surface area (Å²) < 4.78 is 17.0. The van der Waals surface area contributed by atoms with E-state index in [-0.39, 0.29) is 30.5 Å². The summed E-state index contributed by atoms with van der Waals surface area (Å²) in [5.74, 6) is 0.156. The molecule has 0 aromatic rings. The van der Waals surface area contributed by atoms with Crippen molar-refractivity contribution in [2.45, 2.75) is 36.8 Å². The number of halogens is 1. The Morgan fingerprint density at radius 3 is 2.96 bits per heavy atom. The molecular weight excluding hydrogens is 359 g/mol. The number of carbonyl (C=O) groups is 1. The van der Waals surface area contributed by atoms with Gasteiger partial charge in [0.25, 0.3) is 0 Å². The van der Waals surface area contributed by atoms with Crippen LogP contribution in [0.25, 0.3) is 5.43 Å². The zero-order valence-corrected chi connectivity index (χ0v) is 15.9. The van der Waals surface area contributed by atoms with Crippen molar-refractivity contribution in [3.05, 3.63) is 5.43 Å². The fourth-order valence-corrected chi connectivity index (χ4v) is 5.85. The Morgan fingerprint density at radius 1 is 1.42 bits per heavy atom. The number of hydrazine groups is 1. The van der Waals surface area contributed by atoms with Crippen LogP contribution in [0.2, 0.25) is 0 Å². The molecule has 4 saturated heterocycles. The van der Waals surface area contributed by atoms with Crippen LogP contribution < -0.4 is 26.5 Å². The Bertz CT molecular complexity index is 544. The molecule has 0 radical (unpaired) electrons. The van der Waals surface area contributed by atoms with Gasteiger partial charge in [-0.3, -0.25) is 14.8 Å². The average molecular weight is 388 g/mol. The lowest BCUT2D eigenvalue weighted by Gasteiger charge is -2.34. The number of nitrogens with two attached hydrogens (primary N) is 1. The number of rotatable bonds is 3. The molecule has 0 aromatic carbocycles. The molecule has 6 N–H and O–H groups in total. The maximum Gasteiger partial charge on any atom is 0.230 e. The van der Waals surface area contributed by atoms with E-state index in [1.54, 1.807) is 17.0 Å². The minimum absolute atomic E-state index is 0.0250. The van der Waals surface area contributed by atoms with Crippen molar-refractivity contribution in [1.29, 1.82) is 0 Å². The van der Waals surface area contributed by atoms with E-state index in [1.807, 2.05) is 12.1 Å². The number of nitrogens with one attached hydrogen (secondary N) is 4. The third kappa shape index (κ3) is 3.47. The SMILES string of the molecule is CC1NSC(NC(=O)C2C(N)NN3CC(F)CNC23)C1C1C[N-]N(C)C1. The molecule has 9 nitrogen and oxygen atoms in total. The molecule has 0 bridgehead atoms. The summed E-state index contributed by atoms with van der Waals surface area (Å²) in [6, 6.07) is 0.295. The fourth-order valence-electron chi connectivity index (χ4n) is 4.54. The molecule has 8 atom stereocenters. The van der Waals surface area contributed by atoms with Gasteiger partial charge in [-0.2, -0.15) is 0 Å². The fraction of sp³-hybridized carbons (Fsp3) is 0.933. The zero-order chi connectivity index (χ0) is 18.4. The minimum Gasteiger partial charge on any atom is -0.594 e. The van der Waals surface area contributed by atoms with E-state index in [0.29, 0.717) is 17.9 Å². The van der Waals surface area contributed by atoms with Crippen molar-refractivity contribution in [2.24, 2.45) is 23.5 Å². The Morgan fingerprint density at radius 2 is 2.23 bits per heavy atom. The quantitative estimate of drug-likeness (QED) is 0.373. The number of alkyl halides is 1. The van der Waals surface area contributed by atoms with Crippen LogP contribution in [0.5, 0.6) is 0 Å². The van der Waals surface area contributed by atoms with Gasteiger partial charge >= 0.3 is 0 Å². The molecule has 0 saturated carbocycles. The number of hydrogen-bond donors (Lipinski definition) is 5. The van der Waals surface area contributed by atoms with E-state index in [1.165, 1.54) is 0 Å². The van der Waals surface area contributed by atoms with Gasteiger partial charge < -0.3 is 21.5 Å². The van der Waals surface area contributed by atoms with Crippen molar-refractivity contribution in [2.75, 3.05) is 33.2 Å². The highest BCUT2D eigenvalue weighted by molar-refractivity contribution is 7.98. The first kappa shape index (κ1) is 18.8. The first-order valence-corrected chi connectivity index (χ1v) is 10.1. The number of nitrogens with zero attached hydrogens (tertiary/aromatic N) is 3. The Labute approximate surface area is 157 Å². The molecule has 4 fully saturated rings. The third-order valence-electron chi connectivity index (χ3n) is 5.82. The van der Waals surface area contributed by atoms with Crippen LogP contribution in [0, 0.1) is 17.8 Å². The van der Waals surface area contributed by atoms with E-state index < -0.39 is 18.3 Å². The molecule has 0 aliphatic carbocycles. The Balaban J connectivity index is 1.42. The van der Waals surface area contributed by atoms with E-state index in [0.717, 1.165) is 13.1 Å². The van der Waals surface area contributed by atoms with Crippen LogP contribution in [-0.2, 0) is 4.79 Å². The van der Waals surface area contributed by atoms with Gasteiger partial charge in [-0.25, -0.2) is 14.8 Å². The minimum atomic E-state index is -0.962. The predicted octanol–water partition coefficient (Wildman–Crippen LogP) is -1.48. The number of amides is 1.